The van der Waals surface area contributed by atoms with E-state index in [1.165, 1.54) is 24.3 Å². The normalized spacial score (nSPS) is 11.1. The molecule has 0 fully saturated rings. The topological polar surface area (TPSA) is 94.9 Å². The Hall–Kier alpha value is -3.33. The first-order valence-electron chi connectivity index (χ1n) is 8.05. The zero-order valence-corrected chi connectivity index (χ0v) is 15.5. The van der Waals surface area contributed by atoms with Crippen LogP contribution in [0.15, 0.2) is 71.0 Å². The first-order chi connectivity index (χ1) is 13.4. The number of hydrogen-bond donors (Lipinski definition) is 0. The average molecular weight is 402 g/mol. The van der Waals surface area contributed by atoms with Crippen molar-refractivity contribution in [2.75, 3.05) is 6.26 Å². The van der Waals surface area contributed by atoms with E-state index in [0.717, 1.165) is 18.0 Å². The summed E-state index contributed by atoms with van der Waals surface area (Å²) in [4.78, 5) is 14.8. The van der Waals surface area contributed by atoms with Gasteiger partial charge >= 0.3 is 0 Å². The van der Waals surface area contributed by atoms with Crippen molar-refractivity contribution in [1.82, 2.24) is 4.98 Å². The molecule has 0 aliphatic rings. The number of halogens is 1. The van der Waals surface area contributed by atoms with Gasteiger partial charge in [0, 0.05) is 6.26 Å². The molecule has 0 saturated carbocycles. The van der Waals surface area contributed by atoms with Crippen LogP contribution in [-0.2, 0) is 16.4 Å². The molecule has 3 aromatic rings. The number of hydrogen-bond acceptors (Lipinski definition) is 7. The fraction of sp³-hybridized carbons (Fsp3) is 0.105. The highest BCUT2D eigenvalue weighted by molar-refractivity contribution is 7.90. The molecule has 0 aliphatic heterocycles. The molecule has 0 unspecified atom stereocenters. The summed E-state index contributed by atoms with van der Waals surface area (Å²) >= 11 is 0. The van der Waals surface area contributed by atoms with E-state index >= 15 is 0 Å². The van der Waals surface area contributed by atoms with Gasteiger partial charge in [0.1, 0.15) is 12.4 Å². The van der Waals surface area contributed by atoms with Crippen LogP contribution in [0.3, 0.4) is 0 Å². The van der Waals surface area contributed by atoms with Gasteiger partial charge in [-0.05, 0) is 35.0 Å². The van der Waals surface area contributed by atoms with Crippen molar-refractivity contribution in [1.29, 1.82) is 0 Å². The van der Waals surface area contributed by atoms with Crippen molar-refractivity contribution in [2.24, 2.45) is 5.18 Å². The van der Waals surface area contributed by atoms with Crippen molar-refractivity contribution in [3.05, 3.63) is 77.1 Å². The standard InChI is InChI=1S/C19H15FN2O5S/c1-28(24,25)17-10-7-14(11-21-17)27-16-9-8-15(22-23)19(18(16)20)26-12-13-5-3-2-4-6-13/h2-11H,12H2,1H3. The number of rotatable bonds is 7. The summed E-state index contributed by atoms with van der Waals surface area (Å²) in [6.07, 6.45) is 2.18. The van der Waals surface area contributed by atoms with Crippen LogP contribution in [0.4, 0.5) is 10.1 Å². The highest BCUT2D eigenvalue weighted by Crippen LogP contribution is 2.38. The van der Waals surface area contributed by atoms with Gasteiger partial charge in [-0.1, -0.05) is 30.3 Å². The number of nitrogens with zero attached hydrogens (tertiary/aromatic N) is 2. The smallest absolute Gasteiger partial charge is 0.209 e. The predicted octanol–water partition coefficient (Wildman–Crippen LogP) is 4.39. The Bertz CT molecular complexity index is 1090. The second-order valence-corrected chi connectivity index (χ2v) is 7.76. The molecule has 2 aromatic carbocycles. The monoisotopic (exact) mass is 402 g/mol. The maximum absolute atomic E-state index is 14.8. The Morgan fingerprint density at radius 1 is 1.07 bits per heavy atom. The molecule has 144 valence electrons. The average Bonchev–Trinajstić information content (AvgIpc) is 2.69. The second-order valence-electron chi connectivity index (χ2n) is 5.80. The molecule has 0 saturated heterocycles. The molecule has 0 spiro atoms. The molecule has 7 nitrogen and oxygen atoms in total. The van der Waals surface area contributed by atoms with Crippen molar-refractivity contribution in [2.45, 2.75) is 11.6 Å². The van der Waals surface area contributed by atoms with Crippen LogP contribution >= 0.6 is 0 Å². The quantitative estimate of drug-likeness (QED) is 0.544. The lowest BCUT2D eigenvalue weighted by Crippen LogP contribution is -2.01. The minimum atomic E-state index is -3.46. The lowest BCUT2D eigenvalue weighted by molar-refractivity contribution is 0.286. The zero-order valence-electron chi connectivity index (χ0n) is 14.7. The lowest BCUT2D eigenvalue weighted by Gasteiger charge is -2.12. The molecule has 0 radical (unpaired) electrons. The van der Waals surface area contributed by atoms with Gasteiger partial charge in [-0.15, -0.1) is 4.91 Å². The van der Waals surface area contributed by atoms with Gasteiger partial charge in [0.15, 0.2) is 32.0 Å². The van der Waals surface area contributed by atoms with E-state index in [1.54, 1.807) is 24.3 Å². The van der Waals surface area contributed by atoms with Crippen LogP contribution in [0.5, 0.6) is 17.2 Å². The van der Waals surface area contributed by atoms with E-state index in [1.807, 2.05) is 6.07 Å². The van der Waals surface area contributed by atoms with E-state index in [-0.39, 0.29) is 34.6 Å². The van der Waals surface area contributed by atoms with E-state index < -0.39 is 15.7 Å². The minimum absolute atomic E-state index is 0.0361. The van der Waals surface area contributed by atoms with Crippen LogP contribution in [0, 0.1) is 10.7 Å². The Labute approximate surface area is 160 Å². The Morgan fingerprint density at radius 3 is 2.43 bits per heavy atom. The summed E-state index contributed by atoms with van der Waals surface area (Å²) in [5.74, 6) is -1.34. The highest BCUT2D eigenvalue weighted by Gasteiger charge is 2.18. The fourth-order valence-electron chi connectivity index (χ4n) is 2.32. The van der Waals surface area contributed by atoms with Crippen LogP contribution in [-0.4, -0.2) is 19.7 Å². The van der Waals surface area contributed by atoms with E-state index in [9.17, 15) is 17.7 Å². The van der Waals surface area contributed by atoms with Crippen LogP contribution < -0.4 is 9.47 Å². The summed E-state index contributed by atoms with van der Waals surface area (Å²) in [7, 11) is -3.46. The Kier molecular flexibility index (Phi) is 5.65. The largest absolute Gasteiger partial charge is 0.483 e. The van der Waals surface area contributed by atoms with E-state index in [0.29, 0.717) is 0 Å². The maximum Gasteiger partial charge on any atom is 0.209 e. The zero-order chi connectivity index (χ0) is 20.1. The molecular formula is C19H15FN2O5S. The fourth-order valence-corrected chi connectivity index (χ4v) is 2.88. The second kappa shape index (κ2) is 8.13. The van der Waals surface area contributed by atoms with Crippen molar-refractivity contribution in [3.63, 3.8) is 0 Å². The molecular weight excluding hydrogens is 387 g/mol. The van der Waals surface area contributed by atoms with Crippen LogP contribution in [0.1, 0.15) is 5.56 Å². The van der Waals surface area contributed by atoms with Crippen molar-refractivity contribution >= 4 is 15.5 Å². The number of ether oxygens (including phenoxy) is 2. The van der Waals surface area contributed by atoms with Gasteiger partial charge in [-0.2, -0.15) is 4.39 Å². The molecule has 0 amide bonds. The van der Waals surface area contributed by atoms with E-state index in [4.69, 9.17) is 9.47 Å². The summed E-state index contributed by atoms with van der Waals surface area (Å²) in [5, 5.41) is 2.65. The lowest BCUT2D eigenvalue weighted by atomic mass is 10.2. The number of benzene rings is 2. The summed E-state index contributed by atoms with van der Waals surface area (Å²) in [6, 6.07) is 14.1. The van der Waals surface area contributed by atoms with Crippen LogP contribution in [0.2, 0.25) is 0 Å². The first kappa shape index (κ1) is 19.4. The number of sulfone groups is 1. The Morgan fingerprint density at radius 2 is 1.82 bits per heavy atom. The van der Waals surface area contributed by atoms with Gasteiger partial charge < -0.3 is 9.47 Å². The third-order valence-electron chi connectivity index (χ3n) is 3.68. The molecule has 0 bridgehead atoms. The molecule has 0 aliphatic carbocycles. The summed E-state index contributed by atoms with van der Waals surface area (Å²) in [6.45, 7) is 0.0361. The van der Waals surface area contributed by atoms with Crippen molar-refractivity contribution in [3.8, 4) is 17.2 Å². The minimum Gasteiger partial charge on any atom is -0.483 e. The highest BCUT2D eigenvalue weighted by atomic mass is 32.2. The van der Waals surface area contributed by atoms with Gasteiger partial charge in [-0.25, -0.2) is 13.4 Å². The van der Waals surface area contributed by atoms with Gasteiger partial charge in [-0.3, -0.25) is 0 Å². The first-order valence-corrected chi connectivity index (χ1v) is 9.94. The predicted molar refractivity (Wildman–Crippen MR) is 100 cm³/mol. The van der Waals surface area contributed by atoms with Gasteiger partial charge in [0.25, 0.3) is 0 Å². The Balaban J connectivity index is 1.85. The third-order valence-corrected chi connectivity index (χ3v) is 4.68. The molecule has 3 rings (SSSR count). The number of nitroso groups, excluding NO2 is 1. The molecule has 0 N–H and O–H groups in total. The summed E-state index contributed by atoms with van der Waals surface area (Å²) in [5.41, 5.74) is 0.581. The van der Waals surface area contributed by atoms with Crippen LogP contribution in [0.25, 0.3) is 0 Å². The maximum atomic E-state index is 14.8. The third kappa shape index (κ3) is 4.49. The molecule has 0 atom stereocenters. The summed E-state index contributed by atoms with van der Waals surface area (Å²) < 4.78 is 48.5. The molecule has 28 heavy (non-hydrogen) atoms. The SMILES string of the molecule is CS(=O)(=O)c1ccc(Oc2ccc(N=O)c(OCc3ccccc3)c2F)cn1. The molecule has 1 aromatic heterocycles. The van der Waals surface area contributed by atoms with Gasteiger partial charge in [0.05, 0.1) is 6.20 Å². The molecule has 1 heterocycles. The van der Waals surface area contributed by atoms with Crippen molar-refractivity contribution < 1.29 is 22.3 Å². The number of aromatic nitrogens is 1. The van der Waals surface area contributed by atoms with Gasteiger partial charge in [0.2, 0.25) is 5.82 Å². The van der Waals surface area contributed by atoms with E-state index in [2.05, 4.69) is 10.2 Å². The molecule has 9 heteroatoms. The number of pyridine rings is 1.